The molecule has 0 amide bonds. The summed E-state index contributed by atoms with van der Waals surface area (Å²) in [5.74, 6) is 0. The zero-order chi connectivity index (χ0) is 19.5. The summed E-state index contributed by atoms with van der Waals surface area (Å²) in [4.78, 5) is 0.0342. The van der Waals surface area contributed by atoms with E-state index in [2.05, 4.69) is 0 Å². The van der Waals surface area contributed by atoms with Gasteiger partial charge in [-0.05, 0) is 23.8 Å². The molecule has 0 radical (unpaired) electrons. The van der Waals surface area contributed by atoms with Gasteiger partial charge in [-0.15, -0.1) is 0 Å². The number of halogens is 1. The minimum absolute atomic E-state index is 0.0342. The maximum absolute atomic E-state index is 12.7. The molecule has 0 unspecified atom stereocenters. The number of benzene rings is 2. The Bertz CT molecular complexity index is 1030. The molecule has 3 rings (SSSR count). The third-order valence-corrected chi connectivity index (χ3v) is 8.21. The van der Waals surface area contributed by atoms with Gasteiger partial charge >= 0.3 is 0 Å². The SMILES string of the molecule is O=S(=O)(/C=C/c1ccccc1)N1CCN(S(=O)(=O)c2ccccc2Cl)CC1. The molecule has 1 aliphatic heterocycles. The van der Waals surface area contributed by atoms with Crippen LogP contribution in [0.25, 0.3) is 6.08 Å². The number of hydrogen-bond donors (Lipinski definition) is 0. The maximum atomic E-state index is 12.7. The Morgan fingerprint density at radius 2 is 1.33 bits per heavy atom. The summed E-state index contributed by atoms with van der Waals surface area (Å²) in [6, 6.07) is 15.3. The van der Waals surface area contributed by atoms with Crippen LogP contribution in [0.3, 0.4) is 0 Å². The molecule has 144 valence electrons. The van der Waals surface area contributed by atoms with Crippen LogP contribution < -0.4 is 0 Å². The summed E-state index contributed by atoms with van der Waals surface area (Å²) in [6.07, 6.45) is 1.53. The van der Waals surface area contributed by atoms with Gasteiger partial charge in [-0.2, -0.15) is 8.61 Å². The number of nitrogens with zero attached hydrogens (tertiary/aromatic N) is 2. The predicted molar refractivity (Wildman–Crippen MR) is 106 cm³/mol. The smallest absolute Gasteiger partial charge is 0.208 e. The fourth-order valence-electron chi connectivity index (χ4n) is 2.77. The molecule has 6 nitrogen and oxygen atoms in total. The third-order valence-electron chi connectivity index (χ3n) is 4.24. The van der Waals surface area contributed by atoms with Crippen LogP contribution in [-0.2, 0) is 20.0 Å². The summed E-state index contributed by atoms with van der Waals surface area (Å²) >= 11 is 6.01. The zero-order valence-electron chi connectivity index (χ0n) is 14.4. The average Bonchev–Trinajstić information content (AvgIpc) is 2.67. The summed E-state index contributed by atoms with van der Waals surface area (Å²) in [7, 11) is -7.37. The molecule has 1 aliphatic rings. The molecule has 9 heteroatoms. The molecular weight excluding hydrogens is 408 g/mol. The van der Waals surface area contributed by atoms with E-state index in [9.17, 15) is 16.8 Å². The largest absolute Gasteiger partial charge is 0.244 e. The molecule has 0 spiro atoms. The molecule has 1 heterocycles. The zero-order valence-corrected chi connectivity index (χ0v) is 16.8. The molecular formula is C18H19ClN2O4S2. The van der Waals surface area contributed by atoms with Crippen molar-refractivity contribution in [1.82, 2.24) is 8.61 Å². The molecule has 0 aromatic heterocycles. The average molecular weight is 427 g/mol. The lowest BCUT2D eigenvalue weighted by Gasteiger charge is -2.32. The minimum atomic E-state index is -3.76. The lowest BCUT2D eigenvalue weighted by molar-refractivity contribution is 0.275. The Hall–Kier alpha value is -1.71. The van der Waals surface area contributed by atoms with E-state index in [0.717, 1.165) is 11.0 Å². The predicted octanol–water partition coefficient (Wildman–Crippen LogP) is 2.65. The van der Waals surface area contributed by atoms with Gasteiger partial charge in [-0.3, -0.25) is 0 Å². The summed E-state index contributed by atoms with van der Waals surface area (Å²) in [6.45, 7) is 0.328. The van der Waals surface area contributed by atoms with Gasteiger partial charge < -0.3 is 0 Å². The highest BCUT2D eigenvalue weighted by atomic mass is 35.5. The normalized spacial score (nSPS) is 17.4. The van der Waals surface area contributed by atoms with Crippen molar-refractivity contribution < 1.29 is 16.8 Å². The standard InChI is InChI=1S/C18H19ClN2O4S2/c19-17-8-4-5-9-18(17)27(24,25)21-13-11-20(12-14-21)26(22,23)15-10-16-6-2-1-3-7-16/h1-10,15H,11-14H2/b15-10+. The quantitative estimate of drug-likeness (QED) is 0.736. The van der Waals surface area contributed by atoms with Gasteiger partial charge in [0.25, 0.3) is 0 Å². The number of sulfonamides is 2. The molecule has 2 aromatic carbocycles. The fraction of sp³-hybridized carbons (Fsp3) is 0.222. The molecule has 1 fully saturated rings. The lowest BCUT2D eigenvalue weighted by Crippen LogP contribution is -2.50. The fourth-order valence-corrected chi connectivity index (χ4v) is 5.86. The van der Waals surface area contributed by atoms with Crippen LogP contribution in [-0.4, -0.2) is 51.6 Å². The monoisotopic (exact) mass is 426 g/mol. The van der Waals surface area contributed by atoms with Crippen LogP contribution >= 0.6 is 11.6 Å². The first-order valence-electron chi connectivity index (χ1n) is 8.29. The summed E-state index contributed by atoms with van der Waals surface area (Å²) in [5.41, 5.74) is 0.779. The molecule has 0 N–H and O–H groups in total. The highest BCUT2D eigenvalue weighted by Gasteiger charge is 2.32. The molecule has 0 aliphatic carbocycles. The Morgan fingerprint density at radius 3 is 1.96 bits per heavy atom. The highest BCUT2D eigenvalue weighted by molar-refractivity contribution is 7.92. The highest BCUT2D eigenvalue weighted by Crippen LogP contribution is 2.25. The second-order valence-electron chi connectivity index (χ2n) is 5.99. The molecule has 1 saturated heterocycles. The van der Waals surface area contributed by atoms with Crippen molar-refractivity contribution >= 4 is 37.7 Å². The van der Waals surface area contributed by atoms with Gasteiger partial charge in [0, 0.05) is 31.6 Å². The van der Waals surface area contributed by atoms with Crippen molar-refractivity contribution in [2.75, 3.05) is 26.2 Å². The number of rotatable bonds is 5. The Balaban J connectivity index is 1.70. The van der Waals surface area contributed by atoms with Crippen LogP contribution in [0.5, 0.6) is 0 Å². The van der Waals surface area contributed by atoms with E-state index in [0.29, 0.717) is 0 Å². The van der Waals surface area contributed by atoms with E-state index in [1.165, 1.54) is 26.8 Å². The van der Waals surface area contributed by atoms with Gasteiger partial charge in [0.2, 0.25) is 20.0 Å². The van der Waals surface area contributed by atoms with Crippen LogP contribution in [0.1, 0.15) is 5.56 Å². The van der Waals surface area contributed by atoms with E-state index < -0.39 is 20.0 Å². The van der Waals surface area contributed by atoms with E-state index >= 15 is 0 Å². The van der Waals surface area contributed by atoms with Gasteiger partial charge in [-0.25, -0.2) is 16.8 Å². The molecule has 0 saturated carbocycles. The first-order chi connectivity index (χ1) is 12.8. The van der Waals surface area contributed by atoms with Gasteiger partial charge in [0.15, 0.2) is 0 Å². The summed E-state index contributed by atoms with van der Waals surface area (Å²) in [5, 5.41) is 1.30. The van der Waals surface area contributed by atoms with Crippen molar-refractivity contribution in [1.29, 1.82) is 0 Å². The summed E-state index contributed by atoms with van der Waals surface area (Å²) < 4.78 is 53.0. The molecule has 27 heavy (non-hydrogen) atoms. The Morgan fingerprint density at radius 1 is 0.778 bits per heavy atom. The molecule has 0 atom stereocenters. The van der Waals surface area contributed by atoms with Crippen LogP contribution in [0, 0.1) is 0 Å². The lowest BCUT2D eigenvalue weighted by atomic mass is 10.2. The van der Waals surface area contributed by atoms with Crippen LogP contribution in [0.15, 0.2) is 64.9 Å². The van der Waals surface area contributed by atoms with Crippen molar-refractivity contribution in [2.45, 2.75) is 4.90 Å². The van der Waals surface area contributed by atoms with Gasteiger partial charge in [0.1, 0.15) is 4.90 Å². The van der Waals surface area contributed by atoms with Crippen LogP contribution in [0.2, 0.25) is 5.02 Å². The maximum Gasteiger partial charge on any atom is 0.244 e. The van der Waals surface area contributed by atoms with Crippen molar-refractivity contribution in [3.8, 4) is 0 Å². The van der Waals surface area contributed by atoms with Crippen molar-refractivity contribution in [2.24, 2.45) is 0 Å². The van der Waals surface area contributed by atoms with Gasteiger partial charge in [-0.1, -0.05) is 54.1 Å². The van der Waals surface area contributed by atoms with Gasteiger partial charge in [0.05, 0.1) is 5.02 Å². The van der Waals surface area contributed by atoms with E-state index in [1.54, 1.807) is 24.3 Å². The van der Waals surface area contributed by atoms with E-state index in [-0.39, 0.29) is 36.1 Å². The molecule has 0 bridgehead atoms. The minimum Gasteiger partial charge on any atom is -0.208 e. The first kappa shape index (κ1) is 20.0. The second kappa shape index (κ2) is 8.12. The van der Waals surface area contributed by atoms with Crippen molar-refractivity contribution in [3.63, 3.8) is 0 Å². The van der Waals surface area contributed by atoms with Crippen molar-refractivity contribution in [3.05, 3.63) is 70.6 Å². The number of piperazine rings is 1. The molecule has 2 aromatic rings. The first-order valence-corrected chi connectivity index (χ1v) is 11.6. The van der Waals surface area contributed by atoms with Crippen LogP contribution in [0.4, 0.5) is 0 Å². The second-order valence-corrected chi connectivity index (χ2v) is 10.1. The van der Waals surface area contributed by atoms with E-state index in [1.807, 2.05) is 18.2 Å². The number of hydrogen-bond acceptors (Lipinski definition) is 4. The Kier molecular flexibility index (Phi) is 6.02. The van der Waals surface area contributed by atoms with E-state index in [4.69, 9.17) is 11.6 Å². The third kappa shape index (κ3) is 4.59. The topological polar surface area (TPSA) is 74.8 Å². The Labute approximate surface area is 164 Å².